The number of hydrogen-bond acceptors (Lipinski definition) is 4. The summed E-state index contributed by atoms with van der Waals surface area (Å²) in [5.41, 5.74) is 2.07. The fraction of sp³-hybridized carbons (Fsp3) is 0.0385. The fourth-order valence-corrected chi connectivity index (χ4v) is 5.06. The average Bonchev–Trinajstić information content (AvgIpc) is 2.85. The van der Waals surface area contributed by atoms with Gasteiger partial charge in [0.2, 0.25) is 5.91 Å². The number of nitrogens with zero attached hydrogens (tertiary/aromatic N) is 1. The van der Waals surface area contributed by atoms with E-state index in [2.05, 4.69) is 4.72 Å². The molecule has 0 atom stereocenters. The van der Waals surface area contributed by atoms with E-state index < -0.39 is 10.0 Å². The number of rotatable bonds is 8. The van der Waals surface area contributed by atoms with Crippen LogP contribution in [-0.4, -0.2) is 20.1 Å². The van der Waals surface area contributed by atoms with Gasteiger partial charge in [0, 0.05) is 22.0 Å². The highest BCUT2D eigenvalue weighted by Gasteiger charge is 2.18. The number of amides is 1. The number of thioether (sulfide) groups is 1. The van der Waals surface area contributed by atoms with Crippen LogP contribution in [0.5, 0.6) is 0 Å². The quantitative estimate of drug-likeness (QED) is 0.321. The molecule has 0 saturated carbocycles. The van der Waals surface area contributed by atoms with Crippen molar-refractivity contribution in [3.05, 3.63) is 115 Å². The van der Waals surface area contributed by atoms with Crippen LogP contribution in [0.15, 0.2) is 125 Å². The first-order valence-electron chi connectivity index (χ1n) is 10.3. The summed E-state index contributed by atoms with van der Waals surface area (Å²) in [5.74, 6) is 0.185. The number of carbonyl (C=O) groups excluding carboxylic acids is 1. The van der Waals surface area contributed by atoms with E-state index in [0.29, 0.717) is 5.69 Å². The van der Waals surface area contributed by atoms with Crippen LogP contribution >= 0.6 is 11.8 Å². The van der Waals surface area contributed by atoms with Crippen LogP contribution in [-0.2, 0) is 14.8 Å². The summed E-state index contributed by atoms with van der Waals surface area (Å²) in [7, 11) is -3.64. The van der Waals surface area contributed by atoms with Crippen LogP contribution in [0.3, 0.4) is 0 Å². The van der Waals surface area contributed by atoms with E-state index in [1.807, 2.05) is 60.7 Å². The van der Waals surface area contributed by atoms with Crippen LogP contribution < -0.4 is 9.62 Å². The van der Waals surface area contributed by atoms with Crippen LogP contribution in [0.25, 0.3) is 0 Å². The maximum absolute atomic E-state index is 13.1. The van der Waals surface area contributed by atoms with Crippen molar-refractivity contribution < 1.29 is 13.2 Å². The zero-order chi connectivity index (χ0) is 23.1. The molecule has 0 fully saturated rings. The fourth-order valence-electron chi connectivity index (χ4n) is 3.23. The molecule has 0 aromatic heterocycles. The third-order valence-electron chi connectivity index (χ3n) is 4.80. The van der Waals surface area contributed by atoms with Gasteiger partial charge in [0.25, 0.3) is 10.0 Å². The van der Waals surface area contributed by atoms with Crippen LogP contribution in [0.2, 0.25) is 0 Å². The summed E-state index contributed by atoms with van der Waals surface area (Å²) in [6.07, 6.45) is 0. The van der Waals surface area contributed by atoms with Gasteiger partial charge in [0.15, 0.2) is 0 Å². The number of nitrogens with one attached hydrogen (secondary N) is 1. The second kappa shape index (κ2) is 10.4. The molecular formula is C26H22N2O3S2. The summed E-state index contributed by atoms with van der Waals surface area (Å²) in [6, 6.07) is 34.3. The Hall–Kier alpha value is -3.55. The van der Waals surface area contributed by atoms with Crippen LogP contribution in [0, 0.1) is 0 Å². The first-order chi connectivity index (χ1) is 16.0. The maximum atomic E-state index is 13.1. The van der Waals surface area contributed by atoms with Crippen molar-refractivity contribution in [1.29, 1.82) is 0 Å². The largest absolute Gasteiger partial charge is 0.280 e. The molecule has 4 aromatic carbocycles. The minimum Gasteiger partial charge on any atom is -0.280 e. The monoisotopic (exact) mass is 474 g/mol. The standard InChI is InChI=1S/C26H22N2O3S2/c29-26(28(22-10-4-1-5-11-22)23-12-6-2-7-13-23)20-32-24-18-16-21(17-19-24)27-33(30,31)25-14-8-3-9-15-25/h1-19,27H,20H2. The van der Waals surface area contributed by atoms with E-state index in [-0.39, 0.29) is 16.6 Å². The zero-order valence-electron chi connectivity index (χ0n) is 17.7. The predicted molar refractivity (Wildman–Crippen MR) is 134 cm³/mol. The van der Waals surface area contributed by atoms with Gasteiger partial charge in [-0.25, -0.2) is 8.42 Å². The molecule has 0 aliphatic carbocycles. The lowest BCUT2D eigenvalue weighted by Gasteiger charge is -2.23. The van der Waals surface area contributed by atoms with Gasteiger partial charge in [0.1, 0.15) is 0 Å². The predicted octanol–water partition coefficient (Wildman–Crippen LogP) is 5.94. The molecule has 1 N–H and O–H groups in total. The molecule has 5 nitrogen and oxygen atoms in total. The van der Waals surface area contributed by atoms with E-state index in [1.165, 1.54) is 11.8 Å². The molecule has 0 unspecified atom stereocenters. The molecule has 0 heterocycles. The Morgan fingerprint density at radius 3 is 1.70 bits per heavy atom. The molecule has 33 heavy (non-hydrogen) atoms. The van der Waals surface area contributed by atoms with E-state index in [1.54, 1.807) is 59.5 Å². The Morgan fingerprint density at radius 1 is 0.697 bits per heavy atom. The smallest absolute Gasteiger partial charge is 0.261 e. The number of anilines is 3. The lowest BCUT2D eigenvalue weighted by Crippen LogP contribution is -2.27. The van der Waals surface area contributed by atoms with Gasteiger partial charge >= 0.3 is 0 Å². The Labute approximate surface area is 198 Å². The number of para-hydroxylation sites is 2. The van der Waals surface area contributed by atoms with Crippen molar-refractivity contribution in [3.63, 3.8) is 0 Å². The van der Waals surface area contributed by atoms with Crippen molar-refractivity contribution in [2.24, 2.45) is 0 Å². The van der Waals surface area contributed by atoms with Crippen molar-refractivity contribution in [2.75, 3.05) is 15.4 Å². The van der Waals surface area contributed by atoms with Gasteiger partial charge in [-0.2, -0.15) is 0 Å². The molecule has 7 heteroatoms. The van der Waals surface area contributed by atoms with Crippen molar-refractivity contribution in [2.45, 2.75) is 9.79 Å². The third kappa shape index (κ3) is 5.83. The molecule has 0 saturated heterocycles. The molecule has 0 bridgehead atoms. The minimum absolute atomic E-state index is 0.0498. The van der Waals surface area contributed by atoms with E-state index in [9.17, 15) is 13.2 Å². The summed E-state index contributed by atoms with van der Waals surface area (Å²) >= 11 is 1.40. The molecule has 0 spiro atoms. The van der Waals surface area contributed by atoms with Crippen molar-refractivity contribution in [3.8, 4) is 0 Å². The van der Waals surface area contributed by atoms with Gasteiger partial charge in [-0.05, 0) is 60.7 Å². The number of carbonyl (C=O) groups is 1. The zero-order valence-corrected chi connectivity index (χ0v) is 19.3. The topological polar surface area (TPSA) is 66.5 Å². The maximum Gasteiger partial charge on any atom is 0.261 e. The van der Waals surface area contributed by atoms with Gasteiger partial charge in [-0.15, -0.1) is 11.8 Å². The SMILES string of the molecule is O=C(CSc1ccc(NS(=O)(=O)c2ccccc2)cc1)N(c1ccccc1)c1ccccc1. The Kier molecular flexibility index (Phi) is 7.12. The molecule has 1 amide bonds. The first-order valence-corrected chi connectivity index (χ1v) is 12.7. The van der Waals surface area contributed by atoms with Crippen molar-refractivity contribution >= 4 is 44.8 Å². The molecule has 0 aliphatic heterocycles. The van der Waals surface area contributed by atoms with Gasteiger partial charge in [0.05, 0.1) is 10.6 Å². The number of sulfonamides is 1. The molecule has 0 aliphatic rings. The molecule has 0 radical (unpaired) electrons. The summed E-state index contributed by atoms with van der Waals surface area (Å²) < 4.78 is 27.5. The average molecular weight is 475 g/mol. The van der Waals surface area contributed by atoms with Gasteiger partial charge in [-0.1, -0.05) is 54.6 Å². The van der Waals surface area contributed by atoms with Crippen LogP contribution in [0.4, 0.5) is 17.1 Å². The third-order valence-corrected chi connectivity index (χ3v) is 7.19. The van der Waals surface area contributed by atoms with E-state index in [0.717, 1.165) is 16.3 Å². The number of hydrogen-bond donors (Lipinski definition) is 1. The summed E-state index contributed by atoms with van der Waals surface area (Å²) in [4.78, 5) is 15.9. The van der Waals surface area contributed by atoms with E-state index >= 15 is 0 Å². The Morgan fingerprint density at radius 2 is 1.18 bits per heavy atom. The second-order valence-corrected chi connectivity index (χ2v) is 9.86. The summed E-state index contributed by atoms with van der Waals surface area (Å²) in [5, 5.41) is 0. The first kappa shape index (κ1) is 22.6. The van der Waals surface area contributed by atoms with Gasteiger partial charge in [-0.3, -0.25) is 14.4 Å². The lowest BCUT2D eigenvalue weighted by atomic mass is 10.2. The highest BCUT2D eigenvalue weighted by Crippen LogP contribution is 2.28. The highest BCUT2D eigenvalue weighted by atomic mass is 32.2. The number of benzene rings is 4. The lowest BCUT2D eigenvalue weighted by molar-refractivity contribution is -0.115. The molecular weight excluding hydrogens is 452 g/mol. The Balaban J connectivity index is 1.43. The second-order valence-electron chi connectivity index (χ2n) is 7.13. The highest BCUT2D eigenvalue weighted by molar-refractivity contribution is 8.00. The van der Waals surface area contributed by atoms with Gasteiger partial charge < -0.3 is 0 Å². The molecule has 166 valence electrons. The Bertz CT molecular complexity index is 1260. The molecule has 4 rings (SSSR count). The normalized spacial score (nSPS) is 11.0. The summed E-state index contributed by atoms with van der Waals surface area (Å²) in [6.45, 7) is 0. The molecule has 4 aromatic rings. The van der Waals surface area contributed by atoms with Crippen LogP contribution in [0.1, 0.15) is 0 Å². The minimum atomic E-state index is -3.64. The van der Waals surface area contributed by atoms with Crippen molar-refractivity contribution in [1.82, 2.24) is 0 Å². The van der Waals surface area contributed by atoms with E-state index in [4.69, 9.17) is 0 Å².